The molecule has 0 saturated heterocycles. The number of nitrogens with one attached hydrogen (secondary N) is 1. The Morgan fingerprint density at radius 2 is 2.05 bits per heavy atom. The maximum Gasteiger partial charge on any atom is 0.339 e. The number of hydrogen-bond donors (Lipinski definition) is 1. The van der Waals surface area contributed by atoms with Crippen LogP contribution in [0.2, 0.25) is 0 Å². The van der Waals surface area contributed by atoms with Gasteiger partial charge in [-0.15, -0.1) is 0 Å². The van der Waals surface area contributed by atoms with E-state index in [-0.39, 0.29) is 5.91 Å². The molecule has 1 saturated carbocycles. The minimum Gasteiger partial charge on any atom is -0.448 e. The van der Waals surface area contributed by atoms with Crippen LogP contribution in [-0.4, -0.2) is 23.5 Å². The topological polar surface area (TPSA) is 79.2 Å². The van der Waals surface area contributed by atoms with Crippen molar-refractivity contribution in [3.05, 3.63) is 35.4 Å². The lowest BCUT2D eigenvalue weighted by Crippen LogP contribution is -2.51. The number of carbonyl (C=O) groups is 2. The zero-order chi connectivity index (χ0) is 14.9. The summed E-state index contributed by atoms with van der Waals surface area (Å²) >= 11 is 0. The second-order valence-electron chi connectivity index (χ2n) is 5.65. The van der Waals surface area contributed by atoms with Crippen molar-refractivity contribution in [1.82, 2.24) is 5.32 Å². The van der Waals surface area contributed by atoms with Crippen LogP contribution in [-0.2, 0) is 16.0 Å². The molecule has 1 N–H and O–H groups in total. The van der Waals surface area contributed by atoms with Crippen molar-refractivity contribution in [2.24, 2.45) is 0 Å². The number of hydrogen-bond acceptors (Lipinski definition) is 4. The Bertz CT molecular complexity index is 627. The Hall–Kier alpha value is -2.35. The molecule has 5 heteroatoms. The molecule has 1 aromatic rings. The first-order valence-corrected chi connectivity index (χ1v) is 7.16. The molecule has 0 aromatic heterocycles. The molecule has 108 valence electrons. The van der Waals surface area contributed by atoms with Gasteiger partial charge in [0.05, 0.1) is 11.6 Å². The lowest BCUT2D eigenvalue weighted by atomic mass is 9.96. The summed E-state index contributed by atoms with van der Waals surface area (Å²) in [6.45, 7) is 0. The van der Waals surface area contributed by atoms with Crippen LogP contribution in [0, 0.1) is 11.3 Å². The van der Waals surface area contributed by atoms with E-state index in [0.717, 1.165) is 18.4 Å². The Morgan fingerprint density at radius 3 is 2.76 bits per heavy atom. The molecule has 1 heterocycles. The van der Waals surface area contributed by atoms with Gasteiger partial charge in [-0.2, -0.15) is 5.26 Å². The van der Waals surface area contributed by atoms with Gasteiger partial charge in [0.2, 0.25) is 0 Å². The third-order valence-corrected chi connectivity index (χ3v) is 4.22. The summed E-state index contributed by atoms with van der Waals surface area (Å²) < 4.78 is 5.21. The van der Waals surface area contributed by atoms with Crippen LogP contribution < -0.4 is 5.32 Å². The zero-order valence-corrected chi connectivity index (χ0v) is 11.6. The van der Waals surface area contributed by atoms with Gasteiger partial charge in [-0.05, 0) is 37.3 Å². The number of benzene rings is 1. The molecule has 1 aliphatic carbocycles. The molecule has 1 atom stereocenters. The number of esters is 1. The average Bonchev–Trinajstić information content (AvgIpc) is 2.96. The molecular formula is C16H16N2O3. The standard InChI is InChI=1S/C16H16N2O3/c17-10-16(7-3-4-8-16)18-14(19)13-9-11-5-1-2-6-12(11)15(20)21-13/h1-2,5-6,13H,3-4,7-9H2,(H,18,19). The van der Waals surface area contributed by atoms with E-state index in [0.29, 0.717) is 24.8 Å². The number of fused-ring (bicyclic) bond motifs is 1. The van der Waals surface area contributed by atoms with E-state index in [9.17, 15) is 14.9 Å². The lowest BCUT2D eigenvalue weighted by Gasteiger charge is -2.28. The van der Waals surface area contributed by atoms with Crippen LogP contribution in [0.4, 0.5) is 0 Å². The van der Waals surface area contributed by atoms with E-state index in [1.807, 2.05) is 12.1 Å². The summed E-state index contributed by atoms with van der Waals surface area (Å²) in [5, 5.41) is 12.1. The van der Waals surface area contributed by atoms with E-state index in [2.05, 4.69) is 11.4 Å². The van der Waals surface area contributed by atoms with Crippen LogP contribution in [0.1, 0.15) is 41.6 Å². The largest absolute Gasteiger partial charge is 0.448 e. The molecule has 1 aliphatic heterocycles. The van der Waals surface area contributed by atoms with Crippen LogP contribution in [0.3, 0.4) is 0 Å². The highest BCUT2D eigenvalue weighted by Crippen LogP contribution is 2.29. The van der Waals surface area contributed by atoms with Crippen molar-refractivity contribution >= 4 is 11.9 Å². The molecule has 5 nitrogen and oxygen atoms in total. The molecule has 1 fully saturated rings. The number of amides is 1. The fourth-order valence-corrected chi connectivity index (χ4v) is 3.04. The van der Waals surface area contributed by atoms with Crippen molar-refractivity contribution in [3.8, 4) is 6.07 Å². The number of nitrogens with zero attached hydrogens (tertiary/aromatic N) is 1. The fraction of sp³-hybridized carbons (Fsp3) is 0.438. The molecule has 1 aromatic carbocycles. The molecule has 1 unspecified atom stereocenters. The molecule has 3 rings (SSSR count). The smallest absolute Gasteiger partial charge is 0.339 e. The predicted molar refractivity (Wildman–Crippen MR) is 74.3 cm³/mol. The molecule has 0 spiro atoms. The third-order valence-electron chi connectivity index (χ3n) is 4.22. The molecule has 2 aliphatic rings. The molecule has 1 amide bonds. The van der Waals surface area contributed by atoms with Gasteiger partial charge in [-0.3, -0.25) is 4.79 Å². The van der Waals surface area contributed by atoms with Gasteiger partial charge in [0.25, 0.3) is 5.91 Å². The van der Waals surface area contributed by atoms with Gasteiger partial charge in [0.15, 0.2) is 6.10 Å². The average molecular weight is 284 g/mol. The Morgan fingerprint density at radius 1 is 1.33 bits per heavy atom. The van der Waals surface area contributed by atoms with E-state index in [4.69, 9.17) is 4.74 Å². The summed E-state index contributed by atoms with van der Waals surface area (Å²) in [4.78, 5) is 24.3. The molecule has 0 bridgehead atoms. The van der Waals surface area contributed by atoms with Crippen LogP contribution in [0.5, 0.6) is 0 Å². The normalized spacial score (nSPS) is 22.8. The monoisotopic (exact) mass is 284 g/mol. The predicted octanol–water partition coefficient (Wildman–Crippen LogP) is 1.72. The van der Waals surface area contributed by atoms with Gasteiger partial charge in [-0.1, -0.05) is 18.2 Å². The molecule has 0 radical (unpaired) electrons. The van der Waals surface area contributed by atoms with E-state index < -0.39 is 17.6 Å². The maximum absolute atomic E-state index is 12.3. The van der Waals surface area contributed by atoms with Crippen LogP contribution >= 0.6 is 0 Å². The van der Waals surface area contributed by atoms with Gasteiger partial charge >= 0.3 is 5.97 Å². The highest BCUT2D eigenvalue weighted by atomic mass is 16.5. The first-order valence-electron chi connectivity index (χ1n) is 7.16. The maximum atomic E-state index is 12.3. The molecule has 21 heavy (non-hydrogen) atoms. The van der Waals surface area contributed by atoms with Gasteiger partial charge in [0.1, 0.15) is 5.54 Å². The number of carbonyl (C=O) groups excluding carboxylic acids is 2. The van der Waals surface area contributed by atoms with Gasteiger partial charge < -0.3 is 10.1 Å². The van der Waals surface area contributed by atoms with E-state index >= 15 is 0 Å². The first kappa shape index (κ1) is 13.6. The van der Waals surface area contributed by atoms with E-state index in [1.54, 1.807) is 12.1 Å². The van der Waals surface area contributed by atoms with Crippen LogP contribution in [0.15, 0.2) is 24.3 Å². The van der Waals surface area contributed by atoms with Gasteiger partial charge in [-0.25, -0.2) is 4.79 Å². The summed E-state index contributed by atoms with van der Waals surface area (Å²) in [6.07, 6.45) is 2.69. The minimum atomic E-state index is -0.849. The second kappa shape index (κ2) is 5.21. The number of nitriles is 1. The van der Waals surface area contributed by atoms with Crippen LogP contribution in [0.25, 0.3) is 0 Å². The summed E-state index contributed by atoms with van der Waals surface area (Å²) in [7, 11) is 0. The lowest BCUT2D eigenvalue weighted by molar-refractivity contribution is -0.131. The summed E-state index contributed by atoms with van der Waals surface area (Å²) in [5.74, 6) is -0.851. The Kier molecular flexibility index (Phi) is 3.38. The van der Waals surface area contributed by atoms with Crippen molar-refractivity contribution in [2.75, 3.05) is 0 Å². The first-order chi connectivity index (χ1) is 10.1. The third kappa shape index (κ3) is 2.49. The Labute approximate surface area is 122 Å². The zero-order valence-electron chi connectivity index (χ0n) is 11.6. The summed E-state index contributed by atoms with van der Waals surface area (Å²) in [6, 6.07) is 9.33. The SMILES string of the molecule is N#CC1(NC(=O)C2Cc3ccccc3C(=O)O2)CCCC1. The van der Waals surface area contributed by atoms with Crippen molar-refractivity contribution < 1.29 is 14.3 Å². The number of rotatable bonds is 2. The van der Waals surface area contributed by atoms with Gasteiger partial charge in [0, 0.05) is 6.42 Å². The summed E-state index contributed by atoms with van der Waals surface area (Å²) in [5.41, 5.74) is 0.532. The fourth-order valence-electron chi connectivity index (χ4n) is 3.04. The van der Waals surface area contributed by atoms with E-state index in [1.165, 1.54) is 0 Å². The minimum absolute atomic E-state index is 0.356. The number of cyclic esters (lactones) is 1. The van der Waals surface area contributed by atoms with Crippen molar-refractivity contribution in [3.63, 3.8) is 0 Å². The highest BCUT2D eigenvalue weighted by Gasteiger charge is 2.39. The second-order valence-corrected chi connectivity index (χ2v) is 5.65. The van der Waals surface area contributed by atoms with Crippen molar-refractivity contribution in [2.45, 2.75) is 43.7 Å². The highest BCUT2D eigenvalue weighted by molar-refractivity contribution is 5.96. The van der Waals surface area contributed by atoms with Crippen molar-refractivity contribution in [1.29, 1.82) is 5.26 Å². The number of ether oxygens (including phenoxy) is 1. The quantitative estimate of drug-likeness (QED) is 0.839. The molecular weight excluding hydrogens is 268 g/mol. The Balaban J connectivity index is 1.75.